The number of hydrogen-bond donors (Lipinski definition) is 1. The number of nitrogens with zero attached hydrogens (tertiary/aromatic N) is 2. The standard InChI is InChI=1S/C16H20N2O2/c1-16(2,15(19)20)13-4-3-9-18(11-13)14-7-5-12(10-17)6-8-14/h5-8,13H,3-4,9,11H2,1-2H3,(H,19,20). The summed E-state index contributed by atoms with van der Waals surface area (Å²) in [6, 6.07) is 9.60. The molecule has 1 atom stereocenters. The summed E-state index contributed by atoms with van der Waals surface area (Å²) < 4.78 is 0. The van der Waals surface area contributed by atoms with E-state index in [9.17, 15) is 9.90 Å². The highest BCUT2D eigenvalue weighted by Crippen LogP contribution is 2.35. The van der Waals surface area contributed by atoms with Crippen LogP contribution in [0.5, 0.6) is 0 Å². The molecule has 2 rings (SSSR count). The Morgan fingerprint density at radius 2 is 2.05 bits per heavy atom. The molecule has 0 saturated carbocycles. The summed E-state index contributed by atoms with van der Waals surface area (Å²) in [7, 11) is 0. The molecule has 20 heavy (non-hydrogen) atoms. The minimum absolute atomic E-state index is 0.143. The Labute approximate surface area is 119 Å². The Kier molecular flexibility index (Phi) is 3.99. The summed E-state index contributed by atoms with van der Waals surface area (Å²) in [5, 5.41) is 18.2. The third-order valence-electron chi connectivity index (χ3n) is 4.35. The third-order valence-corrected chi connectivity index (χ3v) is 4.35. The van der Waals surface area contributed by atoms with Gasteiger partial charge in [-0.1, -0.05) is 0 Å². The average molecular weight is 272 g/mol. The number of carboxylic acids is 1. The topological polar surface area (TPSA) is 64.3 Å². The van der Waals surface area contributed by atoms with Gasteiger partial charge >= 0.3 is 5.97 Å². The lowest BCUT2D eigenvalue weighted by atomic mass is 9.74. The number of carbonyl (C=O) groups is 1. The van der Waals surface area contributed by atoms with Crippen molar-refractivity contribution in [3.63, 3.8) is 0 Å². The van der Waals surface area contributed by atoms with Crippen LogP contribution in [0, 0.1) is 22.7 Å². The van der Waals surface area contributed by atoms with Gasteiger partial charge in [0.2, 0.25) is 0 Å². The maximum atomic E-state index is 11.4. The second-order valence-electron chi connectivity index (χ2n) is 5.97. The van der Waals surface area contributed by atoms with Gasteiger partial charge in [0.25, 0.3) is 0 Å². The molecule has 0 bridgehead atoms. The van der Waals surface area contributed by atoms with E-state index < -0.39 is 11.4 Å². The van der Waals surface area contributed by atoms with Crippen LogP contribution in [-0.2, 0) is 4.79 Å². The molecule has 0 amide bonds. The highest BCUT2D eigenvalue weighted by molar-refractivity contribution is 5.74. The van der Waals surface area contributed by atoms with E-state index in [0.29, 0.717) is 5.56 Å². The first kappa shape index (κ1) is 14.4. The van der Waals surface area contributed by atoms with Crippen molar-refractivity contribution < 1.29 is 9.90 Å². The number of piperidine rings is 1. The van der Waals surface area contributed by atoms with Gasteiger partial charge in [0.1, 0.15) is 0 Å². The summed E-state index contributed by atoms with van der Waals surface area (Å²) in [6.45, 7) is 5.31. The second-order valence-corrected chi connectivity index (χ2v) is 5.97. The quantitative estimate of drug-likeness (QED) is 0.919. The van der Waals surface area contributed by atoms with Crippen LogP contribution in [0.15, 0.2) is 24.3 Å². The number of hydrogen-bond acceptors (Lipinski definition) is 3. The molecule has 0 radical (unpaired) electrons. The molecule has 0 aliphatic carbocycles. The molecule has 1 unspecified atom stereocenters. The highest BCUT2D eigenvalue weighted by Gasteiger charge is 2.39. The fourth-order valence-electron chi connectivity index (χ4n) is 2.72. The Bertz CT molecular complexity index is 528. The summed E-state index contributed by atoms with van der Waals surface area (Å²) in [4.78, 5) is 13.6. The number of anilines is 1. The van der Waals surface area contributed by atoms with Crippen molar-refractivity contribution in [1.29, 1.82) is 5.26 Å². The van der Waals surface area contributed by atoms with Crippen molar-refractivity contribution in [3.05, 3.63) is 29.8 Å². The van der Waals surface area contributed by atoms with E-state index in [1.165, 1.54) is 0 Å². The SMILES string of the molecule is CC(C)(C(=O)O)C1CCCN(c2ccc(C#N)cc2)C1. The lowest BCUT2D eigenvalue weighted by Gasteiger charge is -2.40. The monoisotopic (exact) mass is 272 g/mol. The zero-order valence-corrected chi connectivity index (χ0v) is 12.0. The minimum atomic E-state index is -0.732. The Hall–Kier alpha value is -2.02. The molecule has 1 aliphatic rings. The lowest BCUT2D eigenvalue weighted by molar-refractivity contribution is -0.150. The predicted octanol–water partition coefficient (Wildman–Crippen LogP) is 2.89. The van der Waals surface area contributed by atoms with Crippen LogP contribution in [0.25, 0.3) is 0 Å². The molecule has 106 valence electrons. The number of rotatable bonds is 3. The maximum absolute atomic E-state index is 11.4. The molecule has 0 spiro atoms. The zero-order chi connectivity index (χ0) is 14.8. The zero-order valence-electron chi connectivity index (χ0n) is 12.0. The molecule has 1 aromatic carbocycles. The van der Waals surface area contributed by atoms with Crippen LogP contribution < -0.4 is 4.90 Å². The van der Waals surface area contributed by atoms with Crippen LogP contribution >= 0.6 is 0 Å². The van der Waals surface area contributed by atoms with Crippen molar-refractivity contribution >= 4 is 11.7 Å². The van der Waals surface area contributed by atoms with Gasteiger partial charge in [-0.3, -0.25) is 4.79 Å². The number of benzene rings is 1. The van der Waals surface area contributed by atoms with Crippen molar-refractivity contribution in [3.8, 4) is 6.07 Å². The van der Waals surface area contributed by atoms with E-state index >= 15 is 0 Å². The van der Waals surface area contributed by atoms with Gasteiger partial charge in [-0.2, -0.15) is 5.26 Å². The van der Waals surface area contributed by atoms with E-state index in [1.54, 1.807) is 12.1 Å². The summed E-state index contributed by atoms with van der Waals surface area (Å²) in [5.41, 5.74) is 1.01. The molecule has 1 aliphatic heterocycles. The first-order chi connectivity index (χ1) is 9.45. The van der Waals surface area contributed by atoms with Crippen molar-refractivity contribution in [2.24, 2.45) is 11.3 Å². The van der Waals surface area contributed by atoms with Gasteiger partial charge < -0.3 is 10.0 Å². The van der Waals surface area contributed by atoms with Crippen LogP contribution in [0.1, 0.15) is 32.3 Å². The second kappa shape index (κ2) is 5.54. The molecule has 1 saturated heterocycles. The lowest BCUT2D eigenvalue weighted by Crippen LogP contribution is -2.44. The fraction of sp³-hybridized carbons (Fsp3) is 0.500. The summed E-state index contributed by atoms with van der Waals surface area (Å²) in [6.07, 6.45) is 1.95. The van der Waals surface area contributed by atoms with E-state index in [4.69, 9.17) is 5.26 Å². The van der Waals surface area contributed by atoms with Crippen LogP contribution in [-0.4, -0.2) is 24.2 Å². The molecule has 1 heterocycles. The predicted molar refractivity (Wildman–Crippen MR) is 77.5 cm³/mol. The molecular weight excluding hydrogens is 252 g/mol. The van der Waals surface area contributed by atoms with Gasteiger partial charge in [-0.15, -0.1) is 0 Å². The first-order valence-corrected chi connectivity index (χ1v) is 6.93. The molecule has 4 nitrogen and oxygen atoms in total. The average Bonchev–Trinajstić information content (AvgIpc) is 2.47. The van der Waals surface area contributed by atoms with E-state index in [0.717, 1.165) is 31.6 Å². The van der Waals surface area contributed by atoms with Crippen LogP contribution in [0.2, 0.25) is 0 Å². The molecule has 1 fully saturated rings. The van der Waals surface area contributed by atoms with Gasteiger partial charge in [0.05, 0.1) is 17.0 Å². The van der Waals surface area contributed by atoms with Crippen LogP contribution in [0.4, 0.5) is 5.69 Å². The highest BCUT2D eigenvalue weighted by atomic mass is 16.4. The van der Waals surface area contributed by atoms with Crippen molar-refractivity contribution in [1.82, 2.24) is 0 Å². The maximum Gasteiger partial charge on any atom is 0.309 e. The Morgan fingerprint density at radius 3 is 2.60 bits per heavy atom. The van der Waals surface area contributed by atoms with Gasteiger partial charge in [-0.25, -0.2) is 0 Å². The smallest absolute Gasteiger partial charge is 0.309 e. The van der Waals surface area contributed by atoms with Crippen molar-refractivity contribution in [2.45, 2.75) is 26.7 Å². The Balaban J connectivity index is 2.14. The first-order valence-electron chi connectivity index (χ1n) is 6.93. The van der Waals surface area contributed by atoms with E-state index in [2.05, 4.69) is 11.0 Å². The summed E-state index contributed by atoms with van der Waals surface area (Å²) >= 11 is 0. The number of nitriles is 1. The molecule has 0 aromatic heterocycles. The van der Waals surface area contributed by atoms with Gasteiger partial charge in [-0.05, 0) is 56.9 Å². The fourth-order valence-corrected chi connectivity index (χ4v) is 2.72. The molecule has 1 N–H and O–H groups in total. The number of aliphatic carboxylic acids is 1. The van der Waals surface area contributed by atoms with E-state index in [1.807, 2.05) is 26.0 Å². The molecule has 1 aromatic rings. The van der Waals surface area contributed by atoms with E-state index in [-0.39, 0.29) is 5.92 Å². The van der Waals surface area contributed by atoms with Crippen molar-refractivity contribution in [2.75, 3.05) is 18.0 Å². The number of carboxylic acid groups (broad SMARTS) is 1. The van der Waals surface area contributed by atoms with Crippen LogP contribution in [0.3, 0.4) is 0 Å². The molecule has 4 heteroatoms. The third kappa shape index (κ3) is 2.77. The van der Waals surface area contributed by atoms with Gasteiger partial charge in [0, 0.05) is 18.8 Å². The largest absolute Gasteiger partial charge is 0.481 e. The molecular formula is C16H20N2O2. The minimum Gasteiger partial charge on any atom is -0.481 e. The normalized spacial score (nSPS) is 19.4. The summed E-state index contributed by atoms with van der Waals surface area (Å²) in [5.74, 6) is -0.589. The Morgan fingerprint density at radius 1 is 1.40 bits per heavy atom. The van der Waals surface area contributed by atoms with Gasteiger partial charge in [0.15, 0.2) is 0 Å².